The summed E-state index contributed by atoms with van der Waals surface area (Å²) in [5.74, 6) is 3.14. The van der Waals surface area contributed by atoms with Crippen molar-refractivity contribution in [1.82, 2.24) is 49.9 Å². The molecule has 0 spiro atoms. The molecule has 0 aliphatic carbocycles. The quantitative estimate of drug-likeness (QED) is 0.0783. The van der Waals surface area contributed by atoms with Crippen molar-refractivity contribution in [2.75, 3.05) is 140 Å². The largest absolute Gasteiger partial charge is 0.489 e. The highest BCUT2D eigenvalue weighted by atomic mass is 16.5. The molecule has 2 aromatic carbocycles. The number of nitrogens with one attached hydrogen (secondary N) is 3. The number of amides is 1. The second-order valence-electron chi connectivity index (χ2n) is 20.0. The molecule has 1 amide bonds. The van der Waals surface area contributed by atoms with Crippen LogP contribution in [0.25, 0.3) is 22.5 Å². The van der Waals surface area contributed by atoms with Crippen LogP contribution >= 0.6 is 0 Å². The monoisotopic (exact) mass is 1130 g/mol. The van der Waals surface area contributed by atoms with E-state index in [1.54, 1.807) is 37.3 Å². The molecule has 4 aromatic heterocycles. The number of aliphatic hydroxyl groups is 2. The number of nitriles is 2. The molecule has 8 heterocycles. The summed E-state index contributed by atoms with van der Waals surface area (Å²) in [6.45, 7) is 9.30. The fourth-order valence-electron chi connectivity index (χ4n) is 9.67. The van der Waals surface area contributed by atoms with Gasteiger partial charge in [0.15, 0.2) is 0 Å². The third-order valence-corrected chi connectivity index (χ3v) is 14.3. The number of hydrogen-bond acceptors (Lipinski definition) is 23. The minimum Gasteiger partial charge on any atom is -0.489 e. The number of hydrogen-bond donors (Lipinski definition) is 6. The van der Waals surface area contributed by atoms with Crippen molar-refractivity contribution >= 4 is 46.5 Å². The van der Waals surface area contributed by atoms with Crippen LogP contribution < -0.4 is 44.7 Å². The van der Waals surface area contributed by atoms with Crippen LogP contribution in [0.15, 0.2) is 85.5 Å². The van der Waals surface area contributed by atoms with Gasteiger partial charge in [-0.25, -0.2) is 24.7 Å². The van der Waals surface area contributed by atoms with Gasteiger partial charge in [-0.3, -0.25) is 4.79 Å². The minimum atomic E-state index is -1.19. The molecule has 436 valence electrons. The molecule has 4 fully saturated rings. The van der Waals surface area contributed by atoms with Crippen LogP contribution in [0.3, 0.4) is 0 Å². The van der Waals surface area contributed by atoms with Gasteiger partial charge in [-0.1, -0.05) is 0 Å². The smallest absolute Gasteiger partial charge is 0.329 e. The highest BCUT2D eigenvalue weighted by Crippen LogP contribution is 2.34. The zero-order valence-corrected chi connectivity index (χ0v) is 47.1. The highest BCUT2D eigenvalue weighted by molar-refractivity contribution is 5.77. The van der Waals surface area contributed by atoms with E-state index in [0.717, 1.165) is 101 Å². The summed E-state index contributed by atoms with van der Waals surface area (Å²) in [7, 11) is 7.51. The second-order valence-corrected chi connectivity index (χ2v) is 20.0. The fraction of sp³-hybridized carbons (Fsp3) is 0.414. The molecule has 0 atom stereocenters. The SMILES string of the molecule is COc1nc(Nc2cc(-c3ccc(OC4CCN(C(=O)CO)CC4)c(C#N)c3)ncn2)ccc1N1CCN(C)CC1.COc1nc(Nc2cc(-c3ccc(OC4CCNCC4)c(C#N)c3)ncn2)ccc1N1CCN(C)CC1.O=C(O)CO. The summed E-state index contributed by atoms with van der Waals surface area (Å²) in [5, 5.41) is 53.4. The number of aromatic nitrogens is 6. The third-order valence-electron chi connectivity index (χ3n) is 14.3. The van der Waals surface area contributed by atoms with Gasteiger partial charge in [-0.15, -0.1) is 0 Å². The Morgan fingerprint density at radius 1 is 0.590 bits per heavy atom. The summed E-state index contributed by atoms with van der Waals surface area (Å²) in [6.07, 6.45) is 6.11. The maximum atomic E-state index is 11.7. The number of piperazine rings is 2. The maximum Gasteiger partial charge on any atom is 0.329 e. The van der Waals surface area contributed by atoms with E-state index in [1.807, 2.05) is 54.6 Å². The Morgan fingerprint density at radius 2 is 1.02 bits per heavy atom. The number of methoxy groups -OCH3 is 2. The number of nitrogens with zero attached hydrogens (tertiary/aromatic N) is 13. The average molecular weight is 1140 g/mol. The lowest BCUT2D eigenvalue weighted by atomic mass is 10.1. The van der Waals surface area contributed by atoms with Crippen molar-refractivity contribution in [3.05, 3.63) is 96.6 Å². The van der Waals surface area contributed by atoms with Crippen LogP contribution in [0.5, 0.6) is 23.3 Å². The van der Waals surface area contributed by atoms with Crippen molar-refractivity contribution in [3.8, 4) is 57.9 Å². The van der Waals surface area contributed by atoms with E-state index in [4.69, 9.17) is 39.1 Å². The number of pyridine rings is 2. The van der Waals surface area contributed by atoms with E-state index in [1.165, 1.54) is 12.7 Å². The first kappa shape index (κ1) is 60.1. The molecule has 4 saturated heterocycles. The van der Waals surface area contributed by atoms with Crippen molar-refractivity contribution < 1.29 is 43.9 Å². The zero-order chi connectivity index (χ0) is 58.7. The molecule has 83 heavy (non-hydrogen) atoms. The number of benzene rings is 2. The second kappa shape index (κ2) is 29.7. The predicted molar refractivity (Wildman–Crippen MR) is 310 cm³/mol. The lowest BCUT2D eigenvalue weighted by Crippen LogP contribution is -2.44. The maximum absolute atomic E-state index is 11.7. The van der Waals surface area contributed by atoms with E-state index in [0.29, 0.717) is 95.0 Å². The lowest BCUT2D eigenvalue weighted by molar-refractivity contribution is -0.140. The van der Waals surface area contributed by atoms with Crippen molar-refractivity contribution in [3.63, 3.8) is 0 Å². The van der Waals surface area contributed by atoms with Crippen molar-refractivity contribution in [2.24, 2.45) is 0 Å². The van der Waals surface area contributed by atoms with Gasteiger partial charge >= 0.3 is 5.97 Å². The summed E-state index contributed by atoms with van der Waals surface area (Å²) in [6, 6.07) is 27.0. The number of anilines is 6. The zero-order valence-electron chi connectivity index (χ0n) is 47.1. The third kappa shape index (κ3) is 16.6. The number of aliphatic carboxylic acids is 1. The Kier molecular flexibility index (Phi) is 21.5. The molecule has 0 unspecified atom stereocenters. The van der Waals surface area contributed by atoms with E-state index in [-0.39, 0.29) is 18.1 Å². The molecule has 25 nitrogen and oxygen atoms in total. The lowest BCUT2D eigenvalue weighted by Gasteiger charge is -2.34. The van der Waals surface area contributed by atoms with E-state index >= 15 is 0 Å². The number of rotatable bonds is 16. The van der Waals surface area contributed by atoms with Gasteiger partial charge in [0.1, 0.15) is 96.4 Å². The van der Waals surface area contributed by atoms with Crippen LogP contribution in [0.1, 0.15) is 36.8 Å². The van der Waals surface area contributed by atoms with Gasteiger partial charge in [0.05, 0.1) is 36.7 Å². The average Bonchev–Trinajstić information content (AvgIpc) is 3.53. The fourth-order valence-corrected chi connectivity index (χ4v) is 9.67. The van der Waals surface area contributed by atoms with Gasteiger partial charge in [0.25, 0.3) is 0 Å². The number of aliphatic hydroxyl groups excluding tert-OH is 2. The number of carbonyl (C=O) groups excluding carboxylic acids is 1. The van der Waals surface area contributed by atoms with Crippen LogP contribution in [0.4, 0.5) is 34.6 Å². The Hall–Kier alpha value is -8.98. The van der Waals surface area contributed by atoms with E-state index in [9.17, 15) is 15.3 Å². The Bertz CT molecular complexity index is 3220. The predicted octanol–water partition coefficient (Wildman–Crippen LogP) is 4.38. The minimum absolute atomic E-state index is 0.113. The molecule has 0 bridgehead atoms. The number of carboxylic acid groups (broad SMARTS) is 1. The van der Waals surface area contributed by atoms with Crippen molar-refractivity contribution in [1.29, 1.82) is 10.5 Å². The highest BCUT2D eigenvalue weighted by Gasteiger charge is 2.26. The first-order valence-electron chi connectivity index (χ1n) is 27.4. The number of carboxylic acids is 1. The number of piperidine rings is 2. The molecule has 4 aliphatic rings. The summed E-state index contributed by atoms with van der Waals surface area (Å²) in [4.78, 5) is 58.5. The van der Waals surface area contributed by atoms with E-state index < -0.39 is 19.2 Å². The number of ether oxygens (including phenoxy) is 4. The molecule has 25 heteroatoms. The topological polar surface area (TPSA) is 309 Å². The van der Waals surface area contributed by atoms with Gasteiger partial charge in [0, 0.05) is 102 Å². The van der Waals surface area contributed by atoms with Crippen LogP contribution in [-0.4, -0.2) is 204 Å². The summed E-state index contributed by atoms with van der Waals surface area (Å²) >= 11 is 0. The van der Waals surface area contributed by atoms with Gasteiger partial charge < -0.3 is 74.7 Å². The first-order valence-corrected chi connectivity index (χ1v) is 27.4. The molecule has 10 rings (SSSR count). The van der Waals surface area contributed by atoms with Gasteiger partial charge in [-0.2, -0.15) is 20.5 Å². The standard InChI is InChI=1S/C29H34N8O4.C27H32N8O2.C2H4O3/c1-35-11-13-36(14-12-35)24-4-6-26(34-29(24)40-2)33-27-16-23(31-19-32-27)20-3-5-25(21(15-20)17-30)41-22-7-9-37(10-8-22)28(39)18-38;1-34-11-13-35(14-12-34)23-4-6-25(33-27(23)36-2)32-26-16-22(30-18-31-26)19-3-5-24(20(15-19)17-28)37-21-7-9-29-10-8-21;3-1-2(4)5/h3-6,15-16,19,22,38H,7-14,18H2,1-2H3,(H,31,32,33,34);3-6,15-16,18,21,29H,7-14H2,1-2H3,(H,30,31,32,33);3H,1H2,(H,4,5). The van der Waals surface area contributed by atoms with Crippen LogP contribution in [-0.2, 0) is 9.59 Å². The number of likely N-dealkylation sites (tertiary alicyclic amines) is 1. The Morgan fingerprint density at radius 3 is 1.42 bits per heavy atom. The normalized spacial score (nSPS) is 15.9. The summed E-state index contributed by atoms with van der Waals surface area (Å²) in [5.41, 5.74) is 5.75. The number of likely N-dealkylation sites (N-methyl/N-ethyl adjacent to an activating group) is 2. The van der Waals surface area contributed by atoms with Crippen LogP contribution in [0.2, 0.25) is 0 Å². The van der Waals surface area contributed by atoms with Crippen LogP contribution in [0, 0.1) is 22.7 Å². The first-order chi connectivity index (χ1) is 40.4. The molecule has 6 aromatic rings. The molecule has 6 N–H and O–H groups in total. The molecule has 0 saturated carbocycles. The van der Waals surface area contributed by atoms with Gasteiger partial charge in [-0.05, 0) is 101 Å². The number of carbonyl (C=O) groups is 2. The Balaban J connectivity index is 0.000000201. The molecular formula is C58H70N16O9. The molecular weight excluding hydrogens is 1060 g/mol. The van der Waals surface area contributed by atoms with E-state index in [2.05, 4.69) is 91.7 Å². The van der Waals surface area contributed by atoms with Crippen molar-refractivity contribution in [2.45, 2.75) is 37.9 Å². The molecule has 4 aliphatic heterocycles. The summed E-state index contributed by atoms with van der Waals surface area (Å²) < 4.78 is 23.4. The van der Waals surface area contributed by atoms with Gasteiger partial charge in [0.2, 0.25) is 17.7 Å². The Labute approximate surface area is 482 Å². The molecule has 0 radical (unpaired) electrons.